The van der Waals surface area contributed by atoms with Crippen molar-refractivity contribution in [1.29, 1.82) is 0 Å². The molecule has 0 radical (unpaired) electrons. The van der Waals surface area contributed by atoms with Crippen LogP contribution in [0.15, 0.2) is 48.5 Å². The lowest BCUT2D eigenvalue weighted by Crippen LogP contribution is -2.48. The van der Waals surface area contributed by atoms with Crippen LogP contribution in [0.3, 0.4) is 0 Å². The highest BCUT2D eigenvalue weighted by Gasteiger charge is 2.44. The maximum Gasteiger partial charge on any atom is 0.335 e. The van der Waals surface area contributed by atoms with E-state index in [1.807, 2.05) is 24.3 Å². The Morgan fingerprint density at radius 3 is 2.48 bits per heavy atom. The van der Waals surface area contributed by atoms with Crippen molar-refractivity contribution < 1.29 is 19.4 Å². The molecule has 0 saturated carbocycles. The number of aromatic nitrogens is 1. The number of aromatic carboxylic acids is 1. The van der Waals surface area contributed by atoms with Crippen molar-refractivity contribution in [3.8, 4) is 0 Å². The van der Waals surface area contributed by atoms with Gasteiger partial charge in [-0.15, -0.1) is 0 Å². The summed E-state index contributed by atoms with van der Waals surface area (Å²) in [5, 5.41) is 10.2. The lowest BCUT2D eigenvalue weighted by molar-refractivity contribution is 0.0172. The van der Waals surface area contributed by atoms with Crippen LogP contribution in [0.25, 0.3) is 10.9 Å². The molecule has 1 saturated heterocycles. The zero-order valence-corrected chi connectivity index (χ0v) is 19.2. The van der Waals surface area contributed by atoms with Gasteiger partial charge < -0.3 is 14.4 Å². The molecule has 1 N–H and O–H groups in total. The first-order chi connectivity index (χ1) is 15.8. The van der Waals surface area contributed by atoms with Crippen molar-refractivity contribution in [2.24, 2.45) is 11.3 Å². The fraction of sp³-hybridized carbons (Fsp3) is 0.407. The Kier molecular flexibility index (Phi) is 5.59. The second kappa shape index (κ2) is 8.43. The molecule has 1 unspecified atom stereocenters. The molecule has 2 aliphatic rings. The van der Waals surface area contributed by atoms with Crippen molar-refractivity contribution in [1.82, 2.24) is 9.47 Å². The molecule has 6 heteroatoms. The number of carboxylic acid groups (broad SMARTS) is 1. The number of Topliss-reactive ketones (excluding diaryl/α,β-unsaturated/α-hetero) is 1. The second-order valence-corrected chi connectivity index (χ2v) is 9.92. The van der Waals surface area contributed by atoms with Gasteiger partial charge in [-0.2, -0.15) is 0 Å². The molecule has 0 amide bonds. The summed E-state index contributed by atoms with van der Waals surface area (Å²) in [6.07, 6.45) is 0.824. The molecule has 1 aliphatic heterocycles. The molecule has 1 atom stereocenters. The van der Waals surface area contributed by atoms with Crippen LogP contribution in [0.2, 0.25) is 0 Å². The van der Waals surface area contributed by atoms with Crippen LogP contribution in [-0.4, -0.2) is 59.2 Å². The zero-order valence-electron chi connectivity index (χ0n) is 19.2. The number of ketones is 1. The number of hydrogen-bond donors (Lipinski definition) is 1. The van der Waals surface area contributed by atoms with Crippen LogP contribution in [0.1, 0.15) is 45.8 Å². The first kappa shape index (κ1) is 21.9. The number of carbonyl (C=O) groups excluding carboxylic acids is 1. The number of carboxylic acids is 1. The third kappa shape index (κ3) is 3.98. The molecule has 5 rings (SSSR count). The quantitative estimate of drug-likeness (QED) is 0.639. The molecule has 1 aromatic heterocycles. The van der Waals surface area contributed by atoms with Crippen LogP contribution in [0, 0.1) is 11.3 Å². The Bertz CT molecular complexity index is 1200. The van der Waals surface area contributed by atoms with E-state index in [2.05, 4.69) is 35.4 Å². The highest BCUT2D eigenvalue weighted by atomic mass is 16.5. The van der Waals surface area contributed by atoms with Gasteiger partial charge in [0.2, 0.25) is 0 Å². The number of ether oxygens (including phenoxy) is 1. The number of rotatable bonds is 5. The smallest absolute Gasteiger partial charge is 0.335 e. The first-order valence-electron chi connectivity index (χ1n) is 11.6. The Morgan fingerprint density at radius 2 is 1.79 bits per heavy atom. The maximum atomic E-state index is 14.0. The molecule has 6 nitrogen and oxygen atoms in total. The number of hydrogen-bond acceptors (Lipinski definition) is 4. The van der Waals surface area contributed by atoms with Gasteiger partial charge in [-0.1, -0.05) is 44.2 Å². The van der Waals surface area contributed by atoms with E-state index in [4.69, 9.17) is 4.74 Å². The molecule has 172 valence electrons. The fourth-order valence-corrected chi connectivity index (χ4v) is 5.39. The normalized spacial score (nSPS) is 20.7. The molecule has 1 aliphatic carbocycles. The van der Waals surface area contributed by atoms with Gasteiger partial charge in [-0.05, 0) is 35.6 Å². The van der Waals surface area contributed by atoms with Gasteiger partial charge in [0.15, 0.2) is 5.78 Å². The van der Waals surface area contributed by atoms with Gasteiger partial charge in [0.05, 0.1) is 18.8 Å². The summed E-state index contributed by atoms with van der Waals surface area (Å²) in [6.45, 7) is 9.00. The standard InChI is InChI=1S/C27H30N2O4/c1-27(2)15-23-24(25(30)21(27)17-28-11-13-33-14-12-28)20-5-3-4-6-22(20)29(23)16-18-7-9-19(10-8-18)26(31)32/h3-10,21H,11-17H2,1-2H3,(H,31,32). The summed E-state index contributed by atoms with van der Waals surface area (Å²) >= 11 is 0. The van der Waals surface area contributed by atoms with Gasteiger partial charge >= 0.3 is 5.97 Å². The molecule has 0 bridgehead atoms. The maximum absolute atomic E-state index is 14.0. The van der Waals surface area contributed by atoms with Crippen molar-refractivity contribution in [2.45, 2.75) is 26.8 Å². The van der Waals surface area contributed by atoms with E-state index < -0.39 is 5.97 Å². The molecule has 2 aromatic carbocycles. The van der Waals surface area contributed by atoms with Crippen molar-refractivity contribution >= 4 is 22.7 Å². The largest absolute Gasteiger partial charge is 0.478 e. The van der Waals surface area contributed by atoms with Crippen LogP contribution in [0.4, 0.5) is 0 Å². The summed E-state index contributed by atoms with van der Waals surface area (Å²) < 4.78 is 7.75. The first-order valence-corrected chi connectivity index (χ1v) is 11.6. The van der Waals surface area contributed by atoms with E-state index in [1.54, 1.807) is 12.1 Å². The predicted molar refractivity (Wildman–Crippen MR) is 127 cm³/mol. The lowest BCUT2D eigenvalue weighted by atomic mass is 9.67. The van der Waals surface area contributed by atoms with Crippen LogP contribution >= 0.6 is 0 Å². The average molecular weight is 447 g/mol. The minimum Gasteiger partial charge on any atom is -0.478 e. The monoisotopic (exact) mass is 446 g/mol. The highest BCUT2D eigenvalue weighted by Crippen LogP contribution is 2.44. The Balaban J connectivity index is 1.55. The SMILES string of the molecule is CC1(C)Cc2c(c3ccccc3n2Cc2ccc(C(=O)O)cc2)C(=O)C1CN1CCOCC1. The molecule has 1 fully saturated rings. The molecule has 2 heterocycles. The van der Waals surface area contributed by atoms with Gasteiger partial charge in [0, 0.05) is 54.3 Å². The number of nitrogens with zero attached hydrogens (tertiary/aromatic N) is 2. The topological polar surface area (TPSA) is 71.8 Å². The van der Waals surface area contributed by atoms with Gasteiger partial charge in [0.1, 0.15) is 0 Å². The molecular formula is C27H30N2O4. The fourth-order valence-electron chi connectivity index (χ4n) is 5.39. The number of benzene rings is 2. The van der Waals surface area contributed by atoms with Crippen molar-refractivity contribution in [3.05, 3.63) is 70.9 Å². The Labute approximate surface area is 193 Å². The van der Waals surface area contributed by atoms with E-state index >= 15 is 0 Å². The van der Waals surface area contributed by atoms with Crippen LogP contribution in [0.5, 0.6) is 0 Å². The van der Waals surface area contributed by atoms with E-state index in [1.165, 1.54) is 0 Å². The predicted octanol–water partition coefficient (Wildman–Crippen LogP) is 4.10. The second-order valence-electron chi connectivity index (χ2n) is 9.92. The highest BCUT2D eigenvalue weighted by molar-refractivity contribution is 6.11. The van der Waals surface area contributed by atoms with Gasteiger partial charge in [0.25, 0.3) is 0 Å². The summed E-state index contributed by atoms with van der Waals surface area (Å²) in [4.78, 5) is 27.6. The average Bonchev–Trinajstić information content (AvgIpc) is 3.10. The van der Waals surface area contributed by atoms with Crippen LogP contribution < -0.4 is 0 Å². The zero-order chi connectivity index (χ0) is 23.2. The van der Waals surface area contributed by atoms with E-state index in [0.29, 0.717) is 6.54 Å². The molecule has 33 heavy (non-hydrogen) atoms. The summed E-state index contributed by atoms with van der Waals surface area (Å²) in [5.74, 6) is -0.745. The lowest BCUT2D eigenvalue weighted by Gasteiger charge is -2.41. The minimum absolute atomic E-state index is 0.0581. The van der Waals surface area contributed by atoms with Crippen LogP contribution in [-0.2, 0) is 17.7 Å². The number of morpholine rings is 1. The van der Waals surface area contributed by atoms with Gasteiger partial charge in [-0.25, -0.2) is 4.79 Å². The summed E-state index contributed by atoms with van der Waals surface area (Å²) in [5.41, 5.74) is 4.14. The Hall–Kier alpha value is -2.96. The van der Waals surface area contributed by atoms with E-state index in [0.717, 1.165) is 67.0 Å². The number of fused-ring (bicyclic) bond motifs is 3. The molecular weight excluding hydrogens is 416 g/mol. The summed E-state index contributed by atoms with van der Waals surface area (Å²) in [6, 6.07) is 15.2. The van der Waals surface area contributed by atoms with Gasteiger partial charge in [-0.3, -0.25) is 9.69 Å². The molecule has 0 spiro atoms. The molecule has 3 aromatic rings. The van der Waals surface area contributed by atoms with Crippen molar-refractivity contribution in [3.63, 3.8) is 0 Å². The Morgan fingerprint density at radius 1 is 1.09 bits per heavy atom. The van der Waals surface area contributed by atoms with E-state index in [9.17, 15) is 14.7 Å². The van der Waals surface area contributed by atoms with E-state index in [-0.39, 0.29) is 22.7 Å². The third-order valence-electron chi connectivity index (χ3n) is 7.29. The van der Waals surface area contributed by atoms with Crippen molar-refractivity contribution in [2.75, 3.05) is 32.8 Å². The third-order valence-corrected chi connectivity index (χ3v) is 7.29. The summed E-state index contributed by atoms with van der Waals surface area (Å²) in [7, 11) is 0. The number of para-hydroxylation sites is 1. The minimum atomic E-state index is -0.927. The number of carbonyl (C=O) groups is 2.